The molecule has 0 aliphatic rings. The van der Waals surface area contributed by atoms with Crippen LogP contribution in [0.4, 0.5) is 5.82 Å². The van der Waals surface area contributed by atoms with Crippen molar-refractivity contribution in [1.82, 2.24) is 10.5 Å². The van der Waals surface area contributed by atoms with Gasteiger partial charge in [-0.05, 0) is 24.3 Å². The van der Waals surface area contributed by atoms with Gasteiger partial charge in [-0.25, -0.2) is 4.98 Å². The van der Waals surface area contributed by atoms with E-state index in [1.165, 1.54) is 6.07 Å². The second-order valence-electron chi connectivity index (χ2n) is 5.44. The molecule has 1 heterocycles. The molecule has 0 bridgehead atoms. The molecule has 3 rings (SSSR count). The lowest BCUT2D eigenvalue weighted by molar-refractivity contribution is 0.234. The molecule has 7 N–H and O–H groups in total. The van der Waals surface area contributed by atoms with Crippen LogP contribution in [0.25, 0.3) is 10.9 Å². The topological polar surface area (TPSA) is 152 Å². The molecule has 0 fully saturated rings. The van der Waals surface area contributed by atoms with E-state index >= 15 is 0 Å². The van der Waals surface area contributed by atoms with Crippen LogP contribution in [0.5, 0.6) is 0 Å². The van der Waals surface area contributed by atoms with Crippen LogP contribution in [0.2, 0.25) is 0 Å². The summed E-state index contributed by atoms with van der Waals surface area (Å²) in [4.78, 5) is 4.22. The fourth-order valence-corrected chi connectivity index (χ4v) is 2.45. The van der Waals surface area contributed by atoms with Gasteiger partial charge in [-0.15, -0.1) is 0 Å². The van der Waals surface area contributed by atoms with Gasteiger partial charge in [0.05, 0.1) is 5.52 Å². The third kappa shape index (κ3) is 3.35. The van der Waals surface area contributed by atoms with E-state index in [-0.39, 0.29) is 23.4 Å². The number of amidine groups is 1. The summed E-state index contributed by atoms with van der Waals surface area (Å²) < 4.78 is 5.38. The molecule has 8 nitrogen and oxygen atoms in total. The zero-order valence-electron chi connectivity index (χ0n) is 13.6. The average Bonchev–Trinajstić information content (AvgIpc) is 2.66. The Kier molecular flexibility index (Phi) is 4.59. The van der Waals surface area contributed by atoms with Crippen molar-refractivity contribution in [3.63, 3.8) is 0 Å². The van der Waals surface area contributed by atoms with Crippen LogP contribution in [0.3, 0.4) is 0 Å². The predicted molar refractivity (Wildman–Crippen MR) is 99.1 cm³/mol. The Labute approximate surface area is 148 Å². The second-order valence-corrected chi connectivity index (χ2v) is 5.44. The van der Waals surface area contributed by atoms with Gasteiger partial charge in [-0.3, -0.25) is 26.9 Å². The van der Waals surface area contributed by atoms with Crippen LogP contribution < -0.4 is 11.2 Å². The summed E-state index contributed by atoms with van der Waals surface area (Å²) in [7, 11) is 0. The Hall–Kier alpha value is -3.78. The van der Waals surface area contributed by atoms with E-state index in [0.29, 0.717) is 27.6 Å². The molecule has 0 spiro atoms. The van der Waals surface area contributed by atoms with Crippen LogP contribution in [-0.2, 0) is 4.74 Å². The number of rotatable bonds is 3. The summed E-state index contributed by atoms with van der Waals surface area (Å²) in [6.45, 7) is 0. The van der Waals surface area contributed by atoms with Crippen LogP contribution in [-0.4, -0.2) is 27.8 Å². The van der Waals surface area contributed by atoms with Gasteiger partial charge in [0.25, 0.3) is 0 Å². The van der Waals surface area contributed by atoms with Crippen LogP contribution >= 0.6 is 0 Å². The molecule has 0 aliphatic heterocycles. The molecule has 8 heteroatoms. The molecular formula is C18H16N6O2. The Morgan fingerprint density at radius 2 is 1.62 bits per heavy atom. The zero-order valence-corrected chi connectivity index (χ0v) is 13.6. The number of hydrogen-bond acceptors (Lipinski definition) is 7. The van der Waals surface area contributed by atoms with Gasteiger partial charge >= 0.3 is 0 Å². The minimum atomic E-state index is -0.218. The van der Waals surface area contributed by atoms with Gasteiger partial charge < -0.3 is 10.5 Å². The minimum Gasteiger partial charge on any atom is -0.421 e. The van der Waals surface area contributed by atoms with Crippen molar-refractivity contribution in [3.05, 3.63) is 71.3 Å². The smallest absolute Gasteiger partial charge is 0.222 e. The molecule has 0 saturated heterocycles. The normalized spacial score (nSPS) is 10.3. The van der Waals surface area contributed by atoms with Crippen molar-refractivity contribution in [2.45, 2.75) is 0 Å². The lowest BCUT2D eigenvalue weighted by Crippen LogP contribution is -2.19. The van der Waals surface area contributed by atoms with Crippen LogP contribution in [0, 0.1) is 16.2 Å². The van der Waals surface area contributed by atoms with Crippen molar-refractivity contribution in [2.75, 3.05) is 5.73 Å². The number of para-hydroxylation sites is 1. The molecule has 0 radical (unpaired) electrons. The largest absolute Gasteiger partial charge is 0.421 e. The van der Waals surface area contributed by atoms with E-state index < -0.39 is 0 Å². The molecule has 0 amide bonds. The Bertz CT molecular complexity index is 1010. The number of benzene rings is 2. The first kappa shape index (κ1) is 17.1. The maximum atomic E-state index is 8.74. The molecule has 2 aromatic carbocycles. The first-order valence-corrected chi connectivity index (χ1v) is 7.59. The van der Waals surface area contributed by atoms with Crippen LogP contribution in [0.1, 0.15) is 16.7 Å². The standard InChI is InChI=1S/C18H16N6O2/c19-15-9-13(12-3-1-2-4-14(12)23-15)18(22)26-17(21)11-7-5-10(6-8-11)16(20)24-25/h1-9,21-22,25H,(H2,19,23)(H2,20,24). The second kappa shape index (κ2) is 6.99. The molecule has 1 aromatic heterocycles. The quantitative estimate of drug-likeness (QED) is 0.244. The first-order valence-electron chi connectivity index (χ1n) is 7.59. The van der Waals surface area contributed by atoms with E-state index in [1.54, 1.807) is 41.9 Å². The van der Waals surface area contributed by atoms with E-state index in [4.69, 9.17) is 31.9 Å². The summed E-state index contributed by atoms with van der Waals surface area (Å²) in [6, 6.07) is 15.0. The first-order chi connectivity index (χ1) is 12.5. The summed E-state index contributed by atoms with van der Waals surface area (Å²) in [5.74, 6) is -0.327. The van der Waals surface area contributed by atoms with E-state index in [0.717, 1.165) is 0 Å². The van der Waals surface area contributed by atoms with Crippen molar-refractivity contribution in [2.24, 2.45) is 0 Å². The van der Waals surface area contributed by atoms with Gasteiger partial charge in [0.15, 0.2) is 0 Å². The third-order valence-corrected chi connectivity index (χ3v) is 3.73. The zero-order chi connectivity index (χ0) is 18.7. The monoisotopic (exact) mass is 348 g/mol. The fraction of sp³-hybridized carbons (Fsp3) is 0. The Morgan fingerprint density at radius 3 is 2.31 bits per heavy atom. The molecule has 0 aliphatic carbocycles. The summed E-state index contributed by atoms with van der Waals surface area (Å²) in [5, 5.41) is 33.2. The lowest BCUT2D eigenvalue weighted by Gasteiger charge is -2.11. The fourth-order valence-electron chi connectivity index (χ4n) is 2.45. The van der Waals surface area contributed by atoms with Crippen molar-refractivity contribution >= 4 is 34.4 Å². The highest BCUT2D eigenvalue weighted by Gasteiger charge is 2.14. The van der Waals surface area contributed by atoms with Crippen LogP contribution in [0.15, 0.2) is 54.6 Å². The number of nitrogens with zero attached hydrogens (tertiary/aromatic N) is 1. The Balaban J connectivity index is 1.84. The predicted octanol–water partition coefficient (Wildman–Crippen LogP) is 2.49. The van der Waals surface area contributed by atoms with Gasteiger partial charge in [0.2, 0.25) is 11.8 Å². The summed E-state index contributed by atoms with van der Waals surface area (Å²) in [6.07, 6.45) is 0. The van der Waals surface area contributed by atoms with Gasteiger partial charge in [0, 0.05) is 22.1 Å². The van der Waals surface area contributed by atoms with E-state index in [9.17, 15) is 0 Å². The third-order valence-electron chi connectivity index (χ3n) is 3.73. The van der Waals surface area contributed by atoms with E-state index in [1.807, 2.05) is 12.1 Å². The van der Waals surface area contributed by atoms with Gasteiger partial charge in [-0.2, -0.15) is 0 Å². The number of ether oxygens (including phenoxy) is 1. The number of fused-ring (bicyclic) bond motifs is 1. The maximum Gasteiger partial charge on any atom is 0.222 e. The van der Waals surface area contributed by atoms with Crippen molar-refractivity contribution in [3.8, 4) is 0 Å². The summed E-state index contributed by atoms with van der Waals surface area (Å²) >= 11 is 0. The maximum absolute atomic E-state index is 8.74. The molecule has 26 heavy (non-hydrogen) atoms. The number of hydroxylamine groups is 1. The van der Waals surface area contributed by atoms with Gasteiger partial charge in [0.1, 0.15) is 11.7 Å². The number of anilines is 1. The van der Waals surface area contributed by atoms with E-state index in [2.05, 4.69) is 4.98 Å². The van der Waals surface area contributed by atoms with Gasteiger partial charge in [-0.1, -0.05) is 30.3 Å². The SMILES string of the molecule is N=C(NO)c1ccc(C(=N)OC(=N)c2cc(N)nc3ccccc23)cc1. The molecule has 3 aromatic rings. The summed E-state index contributed by atoms with van der Waals surface area (Å²) in [5.41, 5.74) is 9.51. The molecule has 130 valence electrons. The molecule has 0 saturated carbocycles. The number of nitrogens with one attached hydrogen (secondary N) is 4. The number of nitrogens with two attached hydrogens (primary N) is 1. The van der Waals surface area contributed by atoms with Crippen molar-refractivity contribution < 1.29 is 9.94 Å². The molecule has 0 atom stereocenters. The number of aromatic nitrogens is 1. The highest BCUT2D eigenvalue weighted by Crippen LogP contribution is 2.20. The average molecular weight is 348 g/mol. The highest BCUT2D eigenvalue weighted by atomic mass is 16.5. The number of nitrogen functional groups attached to an aromatic ring is 1. The highest BCUT2D eigenvalue weighted by molar-refractivity contribution is 6.11. The molecule has 0 unspecified atom stereocenters. The Morgan fingerprint density at radius 1 is 0.962 bits per heavy atom. The molecular weight excluding hydrogens is 332 g/mol. The van der Waals surface area contributed by atoms with Crippen molar-refractivity contribution in [1.29, 1.82) is 16.2 Å². The minimum absolute atomic E-state index is 0.157. The number of hydrogen-bond donors (Lipinski definition) is 6. The lowest BCUT2D eigenvalue weighted by atomic mass is 10.1. The number of pyridine rings is 1.